The van der Waals surface area contributed by atoms with E-state index in [0.29, 0.717) is 38.2 Å². The number of Topliss-reactive ketones (excluding diaryl/α,β-unsaturated/α-hetero) is 1. The first-order valence-corrected chi connectivity index (χ1v) is 18.4. The summed E-state index contributed by atoms with van der Waals surface area (Å²) in [5, 5.41) is 0. The molecule has 260 valence electrons. The summed E-state index contributed by atoms with van der Waals surface area (Å²) in [5.74, 6) is -0.260. The predicted octanol–water partition coefficient (Wildman–Crippen LogP) is 4.36. The first-order chi connectivity index (χ1) is 22.8. The molecule has 0 aromatic rings. The maximum atomic E-state index is 13.7. The molecular formula is C37H52O10. The summed E-state index contributed by atoms with van der Waals surface area (Å²) in [6.45, 7) is 11.6. The molecule has 0 radical (unpaired) electrons. The van der Waals surface area contributed by atoms with Crippen LogP contribution < -0.4 is 0 Å². The van der Waals surface area contributed by atoms with E-state index in [4.69, 9.17) is 42.6 Å². The van der Waals surface area contributed by atoms with Crippen molar-refractivity contribution in [3.05, 3.63) is 24.3 Å². The van der Waals surface area contributed by atoms with E-state index < -0.39 is 5.79 Å². The normalized spacial score (nSPS) is 54.4. The molecule has 10 aliphatic rings. The van der Waals surface area contributed by atoms with Crippen molar-refractivity contribution in [3.63, 3.8) is 0 Å². The Morgan fingerprint density at radius 2 is 1.49 bits per heavy atom. The molecule has 10 heterocycles. The number of hydrogen-bond donors (Lipinski definition) is 0. The van der Waals surface area contributed by atoms with E-state index in [9.17, 15) is 4.79 Å². The lowest BCUT2D eigenvalue weighted by Crippen LogP contribution is -2.61. The molecule has 0 amide bonds. The fourth-order valence-corrected chi connectivity index (χ4v) is 10.5. The van der Waals surface area contributed by atoms with Crippen LogP contribution in [0.4, 0.5) is 0 Å². The molecule has 0 aromatic carbocycles. The molecule has 10 aliphatic heterocycles. The number of hydrogen-bond acceptors (Lipinski definition) is 10. The molecule has 1 spiro atoms. The molecule has 47 heavy (non-hydrogen) atoms. The highest BCUT2D eigenvalue weighted by Gasteiger charge is 2.68. The minimum absolute atomic E-state index is 0.0262. The topological polar surface area (TPSA) is 100 Å². The molecule has 10 heteroatoms. The van der Waals surface area contributed by atoms with Gasteiger partial charge >= 0.3 is 0 Å². The lowest BCUT2D eigenvalue weighted by Gasteiger charge is -2.47. The Kier molecular flexibility index (Phi) is 8.26. The van der Waals surface area contributed by atoms with Crippen LogP contribution >= 0.6 is 0 Å². The van der Waals surface area contributed by atoms with Gasteiger partial charge < -0.3 is 42.6 Å². The van der Waals surface area contributed by atoms with E-state index in [1.54, 1.807) is 7.11 Å². The highest BCUT2D eigenvalue weighted by atomic mass is 16.8. The Morgan fingerprint density at radius 3 is 2.36 bits per heavy atom. The van der Waals surface area contributed by atoms with Gasteiger partial charge in [0.25, 0.3) is 0 Å². The van der Waals surface area contributed by atoms with Gasteiger partial charge in [-0.15, -0.1) is 0 Å². The third kappa shape index (κ3) is 5.62. The van der Waals surface area contributed by atoms with Gasteiger partial charge in [-0.1, -0.05) is 20.1 Å². The molecular weight excluding hydrogens is 604 g/mol. The van der Waals surface area contributed by atoms with E-state index in [1.165, 1.54) is 5.57 Å². The number of fused-ring (bicyclic) bond motifs is 6. The molecule has 0 aliphatic carbocycles. The van der Waals surface area contributed by atoms with Gasteiger partial charge in [-0.2, -0.15) is 0 Å². The van der Waals surface area contributed by atoms with Gasteiger partial charge in [-0.05, 0) is 62.0 Å². The third-order valence-electron chi connectivity index (χ3n) is 13.0. The van der Waals surface area contributed by atoms with Crippen molar-refractivity contribution in [2.24, 2.45) is 11.8 Å². The van der Waals surface area contributed by atoms with E-state index >= 15 is 0 Å². The van der Waals surface area contributed by atoms with Gasteiger partial charge in [0.05, 0.1) is 61.5 Å². The Morgan fingerprint density at radius 1 is 0.723 bits per heavy atom. The number of carbonyl (C=O) groups excluding carboxylic acids is 1. The second-order valence-corrected chi connectivity index (χ2v) is 16.0. The minimum atomic E-state index is -0.746. The van der Waals surface area contributed by atoms with Crippen molar-refractivity contribution in [1.82, 2.24) is 0 Å². The largest absolute Gasteiger partial charge is 0.379 e. The van der Waals surface area contributed by atoms with E-state index in [-0.39, 0.29) is 97.2 Å². The van der Waals surface area contributed by atoms with Gasteiger partial charge in [-0.3, -0.25) is 4.79 Å². The van der Waals surface area contributed by atoms with Crippen LogP contribution in [0.15, 0.2) is 24.3 Å². The SMILES string of the molecule is C=C1CC2CCC34CC5OC6C(OC7CCC(CC(=O)CC8C(OC)COC8CC8OC(CCC1O2)CC(C)C8=C)OC7C6O3)C5O4. The highest BCUT2D eigenvalue weighted by Crippen LogP contribution is 2.54. The summed E-state index contributed by atoms with van der Waals surface area (Å²) >= 11 is 0. The molecule has 17 atom stereocenters. The molecule has 0 aromatic heterocycles. The fourth-order valence-electron chi connectivity index (χ4n) is 10.5. The molecule has 10 saturated heterocycles. The van der Waals surface area contributed by atoms with Gasteiger partial charge in [0.1, 0.15) is 36.3 Å². The zero-order chi connectivity index (χ0) is 32.0. The van der Waals surface area contributed by atoms with Crippen molar-refractivity contribution < 1.29 is 47.4 Å². The van der Waals surface area contributed by atoms with Gasteiger partial charge in [0, 0.05) is 45.1 Å². The molecule has 0 saturated carbocycles. The standard InChI is InChI=1S/C37H52O10/c1-18-11-22-5-7-26-19(2)12-24(41-26)9-10-37-16-30-33(46-37)34-35(45-30)36(47-37)32-27(44-34)8-6-23(43-32)13-21(38)14-25-29(40-17-31(25)39-4)15-28(42-22)20(18)3/h18,22-36H,2-3,5-17H2,1,4H3. The number of ketones is 1. The Balaban J connectivity index is 0.984. The predicted molar refractivity (Wildman–Crippen MR) is 168 cm³/mol. The van der Waals surface area contributed by atoms with Crippen LogP contribution in [0.5, 0.6) is 0 Å². The average molecular weight is 657 g/mol. The van der Waals surface area contributed by atoms with Crippen LogP contribution in [0.2, 0.25) is 0 Å². The Labute approximate surface area is 278 Å². The van der Waals surface area contributed by atoms with Crippen LogP contribution in [-0.4, -0.2) is 111 Å². The summed E-state index contributed by atoms with van der Waals surface area (Å²) in [7, 11) is 1.71. The maximum Gasteiger partial charge on any atom is 0.172 e. The molecule has 0 N–H and O–H groups in total. The number of carbonyl (C=O) groups is 1. The summed E-state index contributed by atoms with van der Waals surface area (Å²) < 4.78 is 59.2. The number of methoxy groups -OCH3 is 1. The zero-order valence-electron chi connectivity index (χ0n) is 27.9. The van der Waals surface area contributed by atoms with Crippen molar-refractivity contribution in [2.45, 2.75) is 175 Å². The quantitative estimate of drug-likeness (QED) is 0.379. The van der Waals surface area contributed by atoms with Crippen LogP contribution in [0.1, 0.15) is 84.0 Å². The van der Waals surface area contributed by atoms with Gasteiger partial charge in [0.2, 0.25) is 0 Å². The molecule has 17 unspecified atom stereocenters. The minimum Gasteiger partial charge on any atom is -0.379 e. The van der Waals surface area contributed by atoms with Crippen molar-refractivity contribution in [3.8, 4) is 0 Å². The summed E-state index contributed by atoms with van der Waals surface area (Å²) in [5.41, 5.74) is 2.29. The van der Waals surface area contributed by atoms with Crippen molar-refractivity contribution in [1.29, 1.82) is 0 Å². The van der Waals surface area contributed by atoms with Gasteiger partial charge in [0.15, 0.2) is 5.79 Å². The highest BCUT2D eigenvalue weighted by molar-refractivity contribution is 5.79. The first-order valence-electron chi connectivity index (χ1n) is 18.4. The van der Waals surface area contributed by atoms with E-state index in [0.717, 1.165) is 56.9 Å². The van der Waals surface area contributed by atoms with Crippen LogP contribution in [0, 0.1) is 11.8 Å². The molecule has 10 fully saturated rings. The van der Waals surface area contributed by atoms with Crippen molar-refractivity contribution >= 4 is 5.78 Å². The number of ether oxygens (including phenoxy) is 9. The second kappa shape index (κ2) is 12.2. The average Bonchev–Trinajstić information content (AvgIpc) is 3.74. The Bertz CT molecular complexity index is 1260. The summed E-state index contributed by atoms with van der Waals surface area (Å²) in [6.07, 6.45) is 7.29. The van der Waals surface area contributed by atoms with Crippen LogP contribution in [0.3, 0.4) is 0 Å². The second-order valence-electron chi connectivity index (χ2n) is 16.0. The molecule has 12 bridgehead atoms. The fraction of sp³-hybridized carbons (Fsp3) is 0.865. The zero-order valence-corrected chi connectivity index (χ0v) is 27.9. The van der Waals surface area contributed by atoms with E-state index in [2.05, 4.69) is 20.1 Å². The summed E-state index contributed by atoms with van der Waals surface area (Å²) in [4.78, 5) is 13.7. The first kappa shape index (κ1) is 31.7. The van der Waals surface area contributed by atoms with E-state index in [1.807, 2.05) is 0 Å². The van der Waals surface area contributed by atoms with Gasteiger partial charge in [-0.25, -0.2) is 0 Å². The lowest BCUT2D eigenvalue weighted by molar-refractivity contribution is -0.292. The molecule has 10 nitrogen and oxygen atoms in total. The van der Waals surface area contributed by atoms with Crippen LogP contribution in [-0.2, 0) is 47.4 Å². The summed E-state index contributed by atoms with van der Waals surface area (Å²) in [6, 6.07) is 0. The Hall–Kier alpha value is -1.21. The molecule has 10 rings (SSSR count). The number of rotatable bonds is 1. The lowest BCUT2D eigenvalue weighted by atomic mass is 9.82. The van der Waals surface area contributed by atoms with Crippen molar-refractivity contribution in [2.75, 3.05) is 13.7 Å². The monoisotopic (exact) mass is 656 g/mol. The van der Waals surface area contributed by atoms with Crippen LogP contribution in [0.25, 0.3) is 0 Å². The smallest absolute Gasteiger partial charge is 0.172 e. The third-order valence-corrected chi connectivity index (χ3v) is 13.0. The maximum absolute atomic E-state index is 13.7.